The number of carboxylic acids is 3. The quantitative estimate of drug-likeness (QED) is 0.380. The summed E-state index contributed by atoms with van der Waals surface area (Å²) in [5, 5.41) is 25.5. The van der Waals surface area contributed by atoms with Gasteiger partial charge in [-0.3, -0.25) is 14.8 Å². The molecule has 47 heavy (non-hydrogen) atoms. The topological polar surface area (TPSA) is 167 Å². The van der Waals surface area contributed by atoms with Crippen LogP contribution >= 0.6 is 0 Å². The molecule has 2 aromatic rings. The van der Waals surface area contributed by atoms with Crippen molar-refractivity contribution in [3.05, 3.63) is 47.1 Å². The van der Waals surface area contributed by atoms with E-state index in [1.54, 1.807) is 0 Å². The molecule has 2 aromatic heterocycles. The van der Waals surface area contributed by atoms with Gasteiger partial charge in [0, 0.05) is 69.8 Å². The Balaban J connectivity index is 0.000000430. The van der Waals surface area contributed by atoms with Crippen molar-refractivity contribution in [2.75, 3.05) is 26.7 Å². The Morgan fingerprint density at radius 3 is 1.81 bits per heavy atom. The summed E-state index contributed by atoms with van der Waals surface area (Å²) in [5.74, 6) is -6.78. The van der Waals surface area contributed by atoms with Crippen LogP contribution in [-0.2, 0) is 32.2 Å². The van der Waals surface area contributed by atoms with Crippen molar-refractivity contribution in [1.29, 1.82) is 0 Å². The van der Waals surface area contributed by atoms with E-state index in [1.165, 1.54) is 11.1 Å². The molecule has 0 spiro atoms. The van der Waals surface area contributed by atoms with Gasteiger partial charge in [-0.2, -0.15) is 39.5 Å². The minimum atomic E-state index is -5.08. The molecular formula is C26H31F9N4O8. The van der Waals surface area contributed by atoms with E-state index in [2.05, 4.69) is 26.0 Å². The Morgan fingerprint density at radius 1 is 0.915 bits per heavy atom. The van der Waals surface area contributed by atoms with Crippen LogP contribution in [0.15, 0.2) is 29.0 Å². The summed E-state index contributed by atoms with van der Waals surface area (Å²) in [6, 6.07) is 4.68. The van der Waals surface area contributed by atoms with Gasteiger partial charge in [0.2, 0.25) is 0 Å². The summed E-state index contributed by atoms with van der Waals surface area (Å²) in [6.07, 6.45) is -10.0. The first-order valence-electron chi connectivity index (χ1n) is 13.2. The molecule has 0 amide bonds. The molecule has 2 fully saturated rings. The van der Waals surface area contributed by atoms with Crippen molar-refractivity contribution in [3.63, 3.8) is 0 Å². The number of methoxy groups -OCH3 is 1. The largest absolute Gasteiger partial charge is 0.490 e. The molecule has 0 radical (unpaired) electrons. The second kappa shape index (κ2) is 17.3. The normalized spacial score (nSPS) is 20.0. The number of aromatic nitrogens is 2. The Kier molecular flexibility index (Phi) is 15.1. The summed E-state index contributed by atoms with van der Waals surface area (Å²) in [6.45, 7) is 9.13. The van der Waals surface area contributed by atoms with Gasteiger partial charge in [-0.05, 0) is 31.9 Å². The third-order valence-corrected chi connectivity index (χ3v) is 6.76. The lowest BCUT2D eigenvalue weighted by Gasteiger charge is -2.41. The van der Waals surface area contributed by atoms with Gasteiger partial charge >= 0.3 is 36.4 Å². The summed E-state index contributed by atoms with van der Waals surface area (Å²) < 4.78 is 106. The average Bonchev–Trinajstić information content (AvgIpc) is 3.51. The number of carbonyl (C=O) groups is 3. The van der Waals surface area contributed by atoms with E-state index in [0.29, 0.717) is 18.1 Å². The van der Waals surface area contributed by atoms with Gasteiger partial charge in [0.05, 0.1) is 11.8 Å². The van der Waals surface area contributed by atoms with Crippen LogP contribution in [-0.4, -0.2) is 111 Å². The number of pyridine rings is 1. The van der Waals surface area contributed by atoms with E-state index in [-0.39, 0.29) is 0 Å². The minimum absolute atomic E-state index is 0.347. The van der Waals surface area contributed by atoms with E-state index in [1.807, 2.05) is 39.4 Å². The SMILES string of the molecule is CO[C@@H]1CCN(Cc2c(C)noc2C)[C@@H]2CN(Cc3cccnc3)C[C@@H]21.O=C(O)C(F)(F)F.O=C(O)C(F)(F)F.O=C(O)C(F)(F)F. The van der Waals surface area contributed by atoms with E-state index < -0.39 is 36.4 Å². The number of nitrogens with zero attached hydrogens (tertiary/aromatic N) is 4. The van der Waals surface area contributed by atoms with Gasteiger partial charge in [-0.1, -0.05) is 11.2 Å². The summed E-state index contributed by atoms with van der Waals surface area (Å²) >= 11 is 0. The average molecular weight is 699 g/mol. The van der Waals surface area contributed by atoms with Gasteiger partial charge in [-0.15, -0.1) is 0 Å². The Hall–Kier alpha value is -3.98. The number of hydrogen-bond acceptors (Lipinski definition) is 9. The zero-order valence-corrected chi connectivity index (χ0v) is 24.9. The highest BCUT2D eigenvalue weighted by Crippen LogP contribution is 2.34. The first-order valence-corrected chi connectivity index (χ1v) is 13.2. The molecule has 0 saturated carbocycles. The third-order valence-electron chi connectivity index (χ3n) is 6.76. The zero-order valence-electron chi connectivity index (χ0n) is 24.9. The monoisotopic (exact) mass is 698 g/mol. The summed E-state index contributed by atoms with van der Waals surface area (Å²) in [5.41, 5.74) is 3.53. The second-order valence-electron chi connectivity index (χ2n) is 10.0. The number of rotatable bonds is 5. The summed E-state index contributed by atoms with van der Waals surface area (Å²) in [7, 11) is 1.86. The maximum absolute atomic E-state index is 10.6. The van der Waals surface area contributed by atoms with E-state index in [4.69, 9.17) is 39.0 Å². The van der Waals surface area contributed by atoms with Crippen molar-refractivity contribution in [2.45, 2.75) is 64.0 Å². The van der Waals surface area contributed by atoms with Crippen LogP contribution in [0.2, 0.25) is 0 Å². The number of aryl methyl sites for hydroxylation is 2. The van der Waals surface area contributed by atoms with Gasteiger partial charge in [0.1, 0.15) is 5.76 Å². The fourth-order valence-electron chi connectivity index (χ4n) is 4.62. The first kappa shape index (κ1) is 41.0. The third kappa shape index (κ3) is 13.7. The van der Waals surface area contributed by atoms with E-state index in [0.717, 1.165) is 50.6 Å². The number of aliphatic carboxylic acids is 3. The van der Waals surface area contributed by atoms with Crippen LogP contribution in [0.5, 0.6) is 0 Å². The van der Waals surface area contributed by atoms with Gasteiger partial charge in [0.25, 0.3) is 0 Å². The van der Waals surface area contributed by atoms with Crippen molar-refractivity contribution in [3.8, 4) is 0 Å². The van der Waals surface area contributed by atoms with Crippen molar-refractivity contribution < 1.29 is 78.5 Å². The maximum Gasteiger partial charge on any atom is 0.490 e. The molecule has 266 valence electrons. The number of fused-ring (bicyclic) bond motifs is 1. The number of halogens is 9. The van der Waals surface area contributed by atoms with Crippen LogP contribution in [0.4, 0.5) is 39.5 Å². The van der Waals surface area contributed by atoms with Crippen molar-refractivity contribution in [2.24, 2.45) is 5.92 Å². The molecule has 0 unspecified atom stereocenters. The fraction of sp³-hybridized carbons (Fsp3) is 0.577. The molecule has 21 heteroatoms. The number of hydrogen-bond donors (Lipinski definition) is 3. The predicted molar refractivity (Wildman–Crippen MR) is 140 cm³/mol. The van der Waals surface area contributed by atoms with Gasteiger partial charge in [0.15, 0.2) is 0 Å². The molecule has 2 aliphatic rings. The molecule has 4 heterocycles. The summed E-state index contributed by atoms with van der Waals surface area (Å²) in [4.78, 5) is 36.1. The Labute approximate surface area is 260 Å². The Morgan fingerprint density at radius 2 is 1.43 bits per heavy atom. The molecule has 2 aliphatic heterocycles. The highest BCUT2D eigenvalue weighted by molar-refractivity contribution is 5.73. The highest BCUT2D eigenvalue weighted by atomic mass is 19.4. The van der Waals surface area contributed by atoms with Gasteiger partial charge in [-0.25, -0.2) is 14.4 Å². The van der Waals surface area contributed by atoms with Gasteiger partial charge < -0.3 is 24.6 Å². The number of carboxylic acid groups (broad SMARTS) is 3. The number of likely N-dealkylation sites (tertiary alicyclic amines) is 2. The molecule has 4 rings (SSSR count). The first-order chi connectivity index (χ1) is 21.5. The second-order valence-corrected chi connectivity index (χ2v) is 10.0. The molecule has 12 nitrogen and oxygen atoms in total. The molecule has 0 bridgehead atoms. The maximum atomic E-state index is 10.6. The fourth-order valence-corrected chi connectivity index (χ4v) is 4.62. The standard InChI is InChI=1S/C20H28N4O2.3C2HF3O2/c1-14-17(15(2)26-22-14)12-24-8-6-20(25-3)18-11-23(13-19(18)24)10-16-5-4-7-21-9-16;3*3-2(4,5)1(6)7/h4-5,7,9,18-20H,6,8,10-13H2,1-3H3;3*(H,6,7)/t18-,19+,20+;;;/m0.../s1. The van der Waals surface area contributed by atoms with Crippen LogP contribution in [0, 0.1) is 19.8 Å². The smallest absolute Gasteiger partial charge is 0.475 e. The van der Waals surface area contributed by atoms with E-state index in [9.17, 15) is 39.5 Å². The zero-order chi connectivity index (χ0) is 36.3. The molecular weight excluding hydrogens is 667 g/mol. The number of ether oxygens (including phenoxy) is 1. The predicted octanol–water partition coefficient (Wildman–Crippen LogP) is 4.31. The lowest BCUT2D eigenvalue weighted by atomic mass is 9.88. The lowest BCUT2D eigenvalue weighted by molar-refractivity contribution is -0.193. The van der Waals surface area contributed by atoms with Crippen molar-refractivity contribution in [1.82, 2.24) is 19.9 Å². The minimum Gasteiger partial charge on any atom is -0.475 e. The number of piperidine rings is 1. The Bertz CT molecular complexity index is 1230. The van der Waals surface area contributed by atoms with Crippen LogP contribution in [0.25, 0.3) is 0 Å². The molecule has 3 N–H and O–H groups in total. The number of alkyl halides is 9. The van der Waals surface area contributed by atoms with Crippen molar-refractivity contribution >= 4 is 17.9 Å². The lowest BCUT2D eigenvalue weighted by Crippen LogP contribution is -2.50. The molecule has 0 aromatic carbocycles. The van der Waals surface area contributed by atoms with Crippen LogP contribution in [0.3, 0.4) is 0 Å². The van der Waals surface area contributed by atoms with Crippen LogP contribution in [0.1, 0.15) is 29.0 Å². The molecule has 2 saturated heterocycles. The molecule has 0 aliphatic carbocycles. The molecule has 3 atom stereocenters. The van der Waals surface area contributed by atoms with Crippen LogP contribution < -0.4 is 0 Å². The van der Waals surface area contributed by atoms with E-state index >= 15 is 0 Å². The highest BCUT2D eigenvalue weighted by Gasteiger charge is 2.44.